The van der Waals surface area contributed by atoms with Crippen LogP contribution >= 0.6 is 27.5 Å². The van der Waals surface area contributed by atoms with Crippen LogP contribution in [-0.4, -0.2) is 11.4 Å². The van der Waals surface area contributed by atoms with Gasteiger partial charge in [0.2, 0.25) is 5.91 Å². The molecule has 0 aliphatic heterocycles. The second kappa shape index (κ2) is 8.64. The molecule has 3 nitrogen and oxygen atoms in total. The molecule has 118 valence electrons. The maximum atomic E-state index is 11.8. The Bertz CT molecular complexity index is 481. The SMILES string of the molecule is CCCCCCCC(C)(Nc1ccc(Cl)c(Br)c1)C(N)=O. The fourth-order valence-corrected chi connectivity index (χ4v) is 2.72. The molecule has 1 rings (SSSR count). The van der Waals surface area contributed by atoms with E-state index in [0.717, 1.165) is 29.4 Å². The molecule has 5 heteroatoms. The van der Waals surface area contributed by atoms with Crippen LogP contribution in [0.5, 0.6) is 0 Å². The van der Waals surface area contributed by atoms with Crippen LogP contribution in [0, 0.1) is 0 Å². The van der Waals surface area contributed by atoms with E-state index >= 15 is 0 Å². The number of halogens is 2. The van der Waals surface area contributed by atoms with Gasteiger partial charge in [0.1, 0.15) is 5.54 Å². The molecule has 1 aromatic rings. The van der Waals surface area contributed by atoms with Crippen molar-refractivity contribution < 1.29 is 4.79 Å². The van der Waals surface area contributed by atoms with E-state index in [1.54, 1.807) is 6.07 Å². The van der Waals surface area contributed by atoms with Crippen LogP contribution in [0.1, 0.15) is 52.4 Å². The minimum absolute atomic E-state index is 0.330. The molecule has 0 radical (unpaired) electrons. The quantitative estimate of drug-likeness (QED) is 0.589. The first-order valence-corrected chi connectivity index (χ1v) is 8.59. The van der Waals surface area contributed by atoms with E-state index in [1.165, 1.54) is 19.3 Å². The fourth-order valence-electron chi connectivity index (χ4n) is 2.22. The van der Waals surface area contributed by atoms with Crippen molar-refractivity contribution in [2.45, 2.75) is 57.9 Å². The molecule has 3 N–H and O–H groups in total. The molecule has 1 amide bonds. The smallest absolute Gasteiger partial charge is 0.242 e. The molecule has 0 saturated carbocycles. The maximum absolute atomic E-state index is 11.8. The molecule has 0 aliphatic carbocycles. The van der Waals surface area contributed by atoms with Crippen LogP contribution < -0.4 is 11.1 Å². The minimum Gasteiger partial charge on any atom is -0.371 e. The van der Waals surface area contributed by atoms with Gasteiger partial charge in [-0.15, -0.1) is 0 Å². The molecule has 0 aromatic heterocycles. The summed E-state index contributed by atoms with van der Waals surface area (Å²) in [5.74, 6) is -0.330. The number of anilines is 1. The standard InChI is InChI=1S/C16H24BrClN2O/c1-3-4-5-6-7-10-16(2,15(19)21)20-12-8-9-14(18)13(17)11-12/h8-9,11,20H,3-7,10H2,1-2H3,(H2,19,21). The topological polar surface area (TPSA) is 55.1 Å². The third-order valence-electron chi connectivity index (χ3n) is 3.66. The summed E-state index contributed by atoms with van der Waals surface area (Å²) < 4.78 is 0.795. The van der Waals surface area contributed by atoms with E-state index in [2.05, 4.69) is 28.2 Å². The first-order chi connectivity index (χ1) is 9.89. The van der Waals surface area contributed by atoms with Crippen molar-refractivity contribution in [3.63, 3.8) is 0 Å². The second-order valence-electron chi connectivity index (χ2n) is 5.61. The Morgan fingerprint density at radius 1 is 1.33 bits per heavy atom. The lowest BCUT2D eigenvalue weighted by Gasteiger charge is -2.29. The summed E-state index contributed by atoms with van der Waals surface area (Å²) in [6.07, 6.45) is 6.50. The number of rotatable bonds is 9. The van der Waals surface area contributed by atoms with Crippen LogP contribution in [-0.2, 0) is 4.79 Å². The molecule has 0 bridgehead atoms. The van der Waals surface area contributed by atoms with E-state index < -0.39 is 5.54 Å². The Hall–Kier alpha value is -0.740. The molecule has 1 unspecified atom stereocenters. The van der Waals surface area contributed by atoms with Gasteiger partial charge in [-0.05, 0) is 47.5 Å². The van der Waals surface area contributed by atoms with Gasteiger partial charge in [-0.2, -0.15) is 0 Å². The van der Waals surface area contributed by atoms with E-state index in [0.29, 0.717) is 5.02 Å². The Labute approximate surface area is 140 Å². The van der Waals surface area contributed by atoms with E-state index in [1.807, 2.05) is 19.1 Å². The molecule has 21 heavy (non-hydrogen) atoms. The van der Waals surface area contributed by atoms with Crippen molar-refractivity contribution in [2.75, 3.05) is 5.32 Å². The first kappa shape index (κ1) is 18.3. The van der Waals surface area contributed by atoms with Gasteiger partial charge in [-0.1, -0.05) is 50.6 Å². The lowest BCUT2D eigenvalue weighted by atomic mass is 9.92. The first-order valence-electron chi connectivity index (χ1n) is 7.42. The summed E-state index contributed by atoms with van der Waals surface area (Å²) in [7, 11) is 0. The van der Waals surface area contributed by atoms with Gasteiger partial charge in [0.15, 0.2) is 0 Å². The van der Waals surface area contributed by atoms with Gasteiger partial charge in [0.05, 0.1) is 5.02 Å². The number of primary amides is 1. The van der Waals surface area contributed by atoms with Crippen LogP contribution in [0.3, 0.4) is 0 Å². The van der Waals surface area contributed by atoms with Gasteiger partial charge >= 0.3 is 0 Å². The third kappa shape index (κ3) is 5.87. The number of nitrogens with one attached hydrogen (secondary N) is 1. The highest BCUT2D eigenvalue weighted by Gasteiger charge is 2.30. The predicted molar refractivity (Wildman–Crippen MR) is 93.8 cm³/mol. The predicted octanol–water partition coefficient (Wildman–Crippen LogP) is 5.12. The van der Waals surface area contributed by atoms with Gasteiger partial charge in [-0.25, -0.2) is 0 Å². The highest BCUT2D eigenvalue weighted by Crippen LogP contribution is 2.28. The number of benzene rings is 1. The lowest BCUT2D eigenvalue weighted by Crippen LogP contribution is -2.47. The zero-order valence-corrected chi connectivity index (χ0v) is 15.1. The maximum Gasteiger partial charge on any atom is 0.242 e. The van der Waals surface area contributed by atoms with Crippen molar-refractivity contribution >= 4 is 39.1 Å². The summed E-state index contributed by atoms with van der Waals surface area (Å²) >= 11 is 9.36. The Balaban J connectivity index is 2.66. The molecule has 1 aromatic carbocycles. The van der Waals surface area contributed by atoms with Gasteiger partial charge in [0.25, 0.3) is 0 Å². The summed E-state index contributed by atoms with van der Waals surface area (Å²) in [6.45, 7) is 4.05. The Morgan fingerprint density at radius 2 is 2.00 bits per heavy atom. The molecule has 0 aliphatic rings. The van der Waals surface area contributed by atoms with Crippen LogP contribution in [0.2, 0.25) is 5.02 Å². The molecule has 0 saturated heterocycles. The summed E-state index contributed by atoms with van der Waals surface area (Å²) in [5.41, 5.74) is 5.69. The van der Waals surface area contributed by atoms with Crippen LogP contribution in [0.25, 0.3) is 0 Å². The van der Waals surface area contributed by atoms with E-state index in [4.69, 9.17) is 17.3 Å². The molecular weight excluding hydrogens is 352 g/mol. The zero-order valence-electron chi connectivity index (χ0n) is 12.7. The second-order valence-corrected chi connectivity index (χ2v) is 6.88. The Kier molecular flexibility index (Phi) is 7.53. The minimum atomic E-state index is -0.737. The number of nitrogens with two attached hydrogens (primary N) is 1. The van der Waals surface area contributed by atoms with Crippen molar-refractivity contribution in [3.05, 3.63) is 27.7 Å². The summed E-state index contributed by atoms with van der Waals surface area (Å²) in [5, 5.41) is 3.89. The number of amides is 1. The van der Waals surface area contributed by atoms with E-state index in [9.17, 15) is 4.79 Å². The number of carbonyl (C=O) groups is 1. The largest absolute Gasteiger partial charge is 0.371 e. The van der Waals surface area contributed by atoms with Crippen molar-refractivity contribution in [1.82, 2.24) is 0 Å². The van der Waals surface area contributed by atoms with Crippen LogP contribution in [0.15, 0.2) is 22.7 Å². The van der Waals surface area contributed by atoms with E-state index in [-0.39, 0.29) is 5.91 Å². The van der Waals surface area contributed by atoms with Crippen molar-refractivity contribution in [1.29, 1.82) is 0 Å². The van der Waals surface area contributed by atoms with Gasteiger partial charge < -0.3 is 11.1 Å². The summed E-state index contributed by atoms with van der Waals surface area (Å²) in [4.78, 5) is 11.8. The zero-order chi connectivity index (χ0) is 15.9. The number of hydrogen-bond donors (Lipinski definition) is 2. The van der Waals surface area contributed by atoms with Crippen molar-refractivity contribution in [2.24, 2.45) is 5.73 Å². The molecule has 0 spiro atoms. The third-order valence-corrected chi connectivity index (χ3v) is 4.88. The number of unbranched alkanes of at least 4 members (excludes halogenated alkanes) is 4. The lowest BCUT2D eigenvalue weighted by molar-refractivity contribution is -0.122. The summed E-state index contributed by atoms with van der Waals surface area (Å²) in [6, 6.07) is 5.50. The molecular formula is C16H24BrClN2O. The highest BCUT2D eigenvalue weighted by molar-refractivity contribution is 9.10. The average molecular weight is 376 g/mol. The molecule has 0 heterocycles. The monoisotopic (exact) mass is 374 g/mol. The molecule has 0 fully saturated rings. The highest BCUT2D eigenvalue weighted by atomic mass is 79.9. The Morgan fingerprint density at radius 3 is 2.57 bits per heavy atom. The average Bonchev–Trinajstić information content (AvgIpc) is 2.42. The van der Waals surface area contributed by atoms with Crippen molar-refractivity contribution in [3.8, 4) is 0 Å². The normalized spacial score (nSPS) is 13.7. The van der Waals surface area contributed by atoms with Gasteiger partial charge in [-0.3, -0.25) is 4.79 Å². The fraction of sp³-hybridized carbons (Fsp3) is 0.562. The van der Waals surface area contributed by atoms with Gasteiger partial charge in [0, 0.05) is 10.2 Å². The molecule has 1 atom stereocenters. The number of carbonyl (C=O) groups excluding carboxylic acids is 1. The van der Waals surface area contributed by atoms with Crippen LogP contribution in [0.4, 0.5) is 5.69 Å². The number of hydrogen-bond acceptors (Lipinski definition) is 2.